The van der Waals surface area contributed by atoms with Crippen LogP contribution >= 0.6 is 23.2 Å². The predicted molar refractivity (Wildman–Crippen MR) is 120 cm³/mol. The lowest BCUT2D eigenvalue weighted by Gasteiger charge is -2.11. The number of nitrogens with one attached hydrogen (secondary N) is 1. The van der Waals surface area contributed by atoms with Gasteiger partial charge in [-0.05, 0) is 35.4 Å². The molecule has 0 aliphatic rings. The Morgan fingerprint density at radius 3 is 2.44 bits per heavy atom. The first-order chi connectivity index (χ1) is 15.3. The molecule has 0 spiro atoms. The molecule has 3 rings (SSSR count). The Hall–Kier alpha value is -3.49. The third-order valence-corrected chi connectivity index (χ3v) is 4.82. The van der Waals surface area contributed by atoms with Crippen molar-refractivity contribution in [3.63, 3.8) is 0 Å². The average molecular weight is 476 g/mol. The minimum Gasteiger partial charge on any atom is -0.486 e. The minimum atomic E-state index is -0.546. The van der Waals surface area contributed by atoms with Crippen molar-refractivity contribution in [3.05, 3.63) is 103 Å². The Kier molecular flexibility index (Phi) is 7.75. The Labute approximate surface area is 192 Å². The van der Waals surface area contributed by atoms with Crippen molar-refractivity contribution in [2.75, 3.05) is 0 Å². The summed E-state index contributed by atoms with van der Waals surface area (Å²) in [6.07, 6.45) is 1.13. The van der Waals surface area contributed by atoms with Crippen LogP contribution in [0.25, 0.3) is 0 Å². The van der Waals surface area contributed by atoms with Crippen molar-refractivity contribution >= 4 is 41.0 Å². The number of nitro groups is 1. The molecule has 0 aliphatic heterocycles. The molecule has 3 aromatic carbocycles. The second-order valence-corrected chi connectivity index (χ2v) is 7.40. The van der Waals surface area contributed by atoms with Gasteiger partial charge in [-0.25, -0.2) is 9.82 Å². The third-order valence-electron chi connectivity index (χ3n) is 4.26. The summed E-state index contributed by atoms with van der Waals surface area (Å²) in [5.74, 6) is -0.607. The monoisotopic (exact) mass is 475 g/mol. The van der Waals surface area contributed by atoms with Crippen molar-refractivity contribution in [2.24, 2.45) is 5.10 Å². The van der Waals surface area contributed by atoms with Gasteiger partial charge in [-0.1, -0.05) is 53.5 Å². The van der Waals surface area contributed by atoms with Gasteiger partial charge in [0.2, 0.25) is 5.91 Å². The van der Waals surface area contributed by atoms with E-state index in [1.165, 1.54) is 36.5 Å². The van der Waals surface area contributed by atoms with Crippen LogP contribution in [0, 0.1) is 15.9 Å². The van der Waals surface area contributed by atoms with E-state index in [2.05, 4.69) is 10.5 Å². The van der Waals surface area contributed by atoms with Gasteiger partial charge in [0.05, 0.1) is 27.6 Å². The van der Waals surface area contributed by atoms with E-state index in [0.717, 1.165) is 5.56 Å². The number of carbonyl (C=O) groups excluding carboxylic acids is 1. The van der Waals surface area contributed by atoms with Crippen LogP contribution in [-0.4, -0.2) is 17.0 Å². The second kappa shape index (κ2) is 10.7. The average Bonchev–Trinajstić information content (AvgIpc) is 2.74. The number of benzene rings is 3. The first-order valence-electron chi connectivity index (χ1n) is 9.24. The zero-order valence-electron chi connectivity index (χ0n) is 16.4. The van der Waals surface area contributed by atoms with Gasteiger partial charge < -0.3 is 4.74 Å². The molecular formula is C22H16Cl2FN3O4. The number of halogens is 3. The van der Waals surface area contributed by atoms with Crippen LogP contribution in [0.2, 0.25) is 10.0 Å². The van der Waals surface area contributed by atoms with Gasteiger partial charge in [-0.3, -0.25) is 14.9 Å². The third kappa shape index (κ3) is 6.26. The van der Waals surface area contributed by atoms with Gasteiger partial charge in [0.25, 0.3) is 5.69 Å². The molecule has 7 nitrogen and oxygen atoms in total. The molecule has 10 heteroatoms. The summed E-state index contributed by atoms with van der Waals surface area (Å²) in [6, 6.07) is 14.9. The van der Waals surface area contributed by atoms with Crippen LogP contribution in [0.1, 0.15) is 16.7 Å². The van der Waals surface area contributed by atoms with Crippen molar-refractivity contribution in [1.82, 2.24) is 5.43 Å². The zero-order valence-corrected chi connectivity index (χ0v) is 17.9. The number of ether oxygens (including phenoxy) is 1. The number of amides is 1. The maximum Gasteiger partial charge on any atom is 0.273 e. The molecule has 0 saturated heterocycles. The summed E-state index contributed by atoms with van der Waals surface area (Å²) in [6.45, 7) is 0.148. The molecule has 3 aromatic rings. The summed E-state index contributed by atoms with van der Waals surface area (Å²) in [4.78, 5) is 22.5. The van der Waals surface area contributed by atoms with Gasteiger partial charge in [0, 0.05) is 11.6 Å². The number of carbonyl (C=O) groups is 1. The summed E-state index contributed by atoms with van der Waals surface area (Å²) in [5, 5.41) is 15.3. The highest BCUT2D eigenvalue weighted by Crippen LogP contribution is 2.34. The molecule has 0 bridgehead atoms. The van der Waals surface area contributed by atoms with Crippen LogP contribution in [0.5, 0.6) is 5.75 Å². The highest BCUT2D eigenvalue weighted by molar-refractivity contribution is 6.37. The Balaban J connectivity index is 1.60. The van der Waals surface area contributed by atoms with Gasteiger partial charge in [0.15, 0.2) is 5.75 Å². The molecular weight excluding hydrogens is 460 g/mol. The van der Waals surface area contributed by atoms with E-state index in [0.29, 0.717) is 5.56 Å². The molecule has 0 atom stereocenters. The van der Waals surface area contributed by atoms with Gasteiger partial charge in [-0.2, -0.15) is 5.10 Å². The molecule has 0 aromatic heterocycles. The SMILES string of the molecule is O=C(Cc1ccccc1[N+](=O)[O-])NN=Cc1cc(Cl)c(OCc2ccc(F)cc2)c(Cl)c1. The smallest absolute Gasteiger partial charge is 0.273 e. The number of hydrogen-bond donors (Lipinski definition) is 1. The normalized spacial score (nSPS) is 10.8. The van der Waals surface area contributed by atoms with Crippen LogP contribution in [-0.2, 0) is 17.8 Å². The fraction of sp³-hybridized carbons (Fsp3) is 0.0909. The lowest BCUT2D eigenvalue weighted by Crippen LogP contribution is -2.20. The minimum absolute atomic E-state index is 0.138. The number of nitro benzene ring substituents is 1. The molecule has 0 fully saturated rings. The van der Waals surface area contributed by atoms with Crippen LogP contribution in [0.4, 0.5) is 10.1 Å². The highest BCUT2D eigenvalue weighted by Gasteiger charge is 2.15. The summed E-state index contributed by atoms with van der Waals surface area (Å²) in [5.41, 5.74) is 3.69. The second-order valence-electron chi connectivity index (χ2n) is 6.58. The van der Waals surface area contributed by atoms with Crippen molar-refractivity contribution in [2.45, 2.75) is 13.0 Å². The zero-order chi connectivity index (χ0) is 23.1. The van der Waals surface area contributed by atoms with Crippen molar-refractivity contribution < 1.29 is 18.8 Å². The summed E-state index contributed by atoms with van der Waals surface area (Å²) in [7, 11) is 0. The first-order valence-corrected chi connectivity index (χ1v) is 9.99. The number of hydrazone groups is 1. The highest BCUT2D eigenvalue weighted by atomic mass is 35.5. The molecule has 0 unspecified atom stereocenters. The van der Waals surface area contributed by atoms with E-state index >= 15 is 0 Å². The molecule has 164 valence electrons. The molecule has 0 aliphatic carbocycles. The Bertz CT molecular complexity index is 1150. The van der Waals surface area contributed by atoms with E-state index in [4.69, 9.17) is 27.9 Å². The maximum atomic E-state index is 13.0. The molecule has 0 saturated carbocycles. The van der Waals surface area contributed by atoms with Crippen LogP contribution < -0.4 is 10.2 Å². The fourth-order valence-corrected chi connectivity index (χ4v) is 3.37. The Morgan fingerprint density at radius 2 is 1.78 bits per heavy atom. The quantitative estimate of drug-likeness (QED) is 0.271. The lowest BCUT2D eigenvalue weighted by molar-refractivity contribution is -0.385. The number of nitrogens with zero attached hydrogens (tertiary/aromatic N) is 2. The van der Waals surface area contributed by atoms with E-state index in [9.17, 15) is 19.3 Å². The topological polar surface area (TPSA) is 93.8 Å². The van der Waals surface area contributed by atoms with Gasteiger partial charge >= 0.3 is 0 Å². The summed E-state index contributed by atoms with van der Waals surface area (Å²) >= 11 is 12.5. The predicted octanol–water partition coefficient (Wildman–Crippen LogP) is 5.31. The van der Waals surface area contributed by atoms with Crippen molar-refractivity contribution in [1.29, 1.82) is 0 Å². The number of rotatable bonds is 8. The van der Waals surface area contributed by atoms with Gasteiger partial charge in [-0.15, -0.1) is 0 Å². The van der Waals surface area contributed by atoms with E-state index in [-0.39, 0.29) is 45.9 Å². The van der Waals surface area contributed by atoms with Crippen LogP contribution in [0.15, 0.2) is 65.8 Å². The maximum absolute atomic E-state index is 13.0. The largest absolute Gasteiger partial charge is 0.486 e. The van der Waals surface area contributed by atoms with E-state index < -0.39 is 10.8 Å². The molecule has 32 heavy (non-hydrogen) atoms. The van der Waals surface area contributed by atoms with E-state index in [1.807, 2.05) is 0 Å². The van der Waals surface area contributed by atoms with Crippen molar-refractivity contribution in [3.8, 4) is 5.75 Å². The number of para-hydroxylation sites is 1. The molecule has 0 radical (unpaired) electrons. The Morgan fingerprint density at radius 1 is 1.12 bits per heavy atom. The summed E-state index contributed by atoms with van der Waals surface area (Å²) < 4.78 is 18.6. The van der Waals surface area contributed by atoms with Crippen LogP contribution in [0.3, 0.4) is 0 Å². The number of hydrogen-bond acceptors (Lipinski definition) is 5. The fourth-order valence-electron chi connectivity index (χ4n) is 2.76. The lowest BCUT2D eigenvalue weighted by atomic mass is 10.1. The molecule has 1 amide bonds. The molecule has 1 N–H and O–H groups in total. The first kappa shape index (κ1) is 23.2. The standard InChI is InChI=1S/C22H16Cl2FN3O4/c23-18-9-15(10-19(24)22(18)32-13-14-5-7-17(25)8-6-14)12-26-27-21(29)11-16-3-1-2-4-20(16)28(30)31/h1-10,12H,11,13H2,(H,27,29). The van der Waals surface area contributed by atoms with Gasteiger partial charge in [0.1, 0.15) is 12.4 Å². The molecule has 0 heterocycles. The van der Waals surface area contributed by atoms with E-state index in [1.54, 1.807) is 30.3 Å².